The number of rotatable bonds is 8. The second-order valence-electron chi connectivity index (χ2n) is 8.05. The maximum atomic E-state index is 13.4. The van der Waals surface area contributed by atoms with Crippen LogP contribution in [0.4, 0.5) is 13.2 Å². The van der Waals surface area contributed by atoms with Gasteiger partial charge in [0.25, 0.3) is 0 Å². The summed E-state index contributed by atoms with van der Waals surface area (Å²) in [6, 6.07) is 10.3. The molecule has 1 aliphatic heterocycles. The summed E-state index contributed by atoms with van der Waals surface area (Å²) in [5.74, 6) is -1.73. The lowest BCUT2D eigenvalue weighted by Crippen LogP contribution is -2.43. The zero-order valence-corrected chi connectivity index (χ0v) is 17.4. The summed E-state index contributed by atoms with van der Waals surface area (Å²) in [5, 5.41) is 0. The third-order valence-electron chi connectivity index (χ3n) is 5.76. The van der Waals surface area contributed by atoms with Crippen molar-refractivity contribution in [3.63, 3.8) is 0 Å². The predicted molar refractivity (Wildman–Crippen MR) is 112 cm³/mol. The third-order valence-corrected chi connectivity index (χ3v) is 5.76. The summed E-state index contributed by atoms with van der Waals surface area (Å²) in [6.07, 6.45) is 3.01. The average molecular weight is 419 g/mol. The van der Waals surface area contributed by atoms with E-state index in [9.17, 15) is 18.0 Å². The van der Waals surface area contributed by atoms with Gasteiger partial charge in [-0.1, -0.05) is 18.2 Å². The topological polar surface area (TPSA) is 23.6 Å². The predicted octanol–water partition coefficient (Wildman–Crippen LogP) is 4.45. The molecule has 1 saturated heterocycles. The number of halogens is 3. The van der Waals surface area contributed by atoms with Gasteiger partial charge in [-0.2, -0.15) is 0 Å². The molecule has 30 heavy (non-hydrogen) atoms. The van der Waals surface area contributed by atoms with Crippen molar-refractivity contribution in [2.24, 2.45) is 5.92 Å². The van der Waals surface area contributed by atoms with E-state index in [2.05, 4.69) is 4.90 Å². The second-order valence-corrected chi connectivity index (χ2v) is 8.05. The minimum absolute atomic E-state index is 0.0691. The van der Waals surface area contributed by atoms with Crippen molar-refractivity contribution in [2.45, 2.75) is 32.6 Å². The molecule has 0 bridgehead atoms. The van der Waals surface area contributed by atoms with Crippen LogP contribution in [0.2, 0.25) is 0 Å². The number of hydrogen-bond acceptors (Lipinski definition) is 2. The molecule has 1 aliphatic rings. The van der Waals surface area contributed by atoms with Crippen LogP contribution in [0, 0.1) is 23.4 Å². The third kappa shape index (κ3) is 6.33. The molecule has 0 aliphatic carbocycles. The van der Waals surface area contributed by atoms with Crippen molar-refractivity contribution < 1.29 is 18.0 Å². The van der Waals surface area contributed by atoms with Crippen LogP contribution in [-0.4, -0.2) is 48.4 Å². The first-order chi connectivity index (χ1) is 14.4. The summed E-state index contributed by atoms with van der Waals surface area (Å²) in [7, 11) is 0. The average Bonchev–Trinajstić information content (AvgIpc) is 2.73. The lowest BCUT2D eigenvalue weighted by atomic mass is 9.96. The standard InChI is InChI=1S/C24H29F3N2O/c1-2-29(24(30)15-19-8-9-22(26)23(27)14-19)17-20-6-4-11-28(16-20)12-10-18-5-3-7-21(25)13-18/h3,5,7-9,13-14,20H,2,4,6,10-12,15-17H2,1H3. The van der Waals surface area contributed by atoms with Crippen molar-refractivity contribution in [3.8, 4) is 0 Å². The zero-order valence-electron chi connectivity index (χ0n) is 17.4. The van der Waals surface area contributed by atoms with Crippen molar-refractivity contribution >= 4 is 5.91 Å². The molecule has 1 heterocycles. The fourth-order valence-corrected chi connectivity index (χ4v) is 4.14. The van der Waals surface area contributed by atoms with Gasteiger partial charge in [-0.25, -0.2) is 13.2 Å². The molecule has 0 N–H and O–H groups in total. The van der Waals surface area contributed by atoms with E-state index in [1.165, 1.54) is 12.1 Å². The van der Waals surface area contributed by atoms with Gasteiger partial charge in [0, 0.05) is 26.2 Å². The number of likely N-dealkylation sites (tertiary alicyclic amines) is 1. The van der Waals surface area contributed by atoms with E-state index in [0.29, 0.717) is 24.6 Å². The van der Waals surface area contributed by atoms with E-state index in [4.69, 9.17) is 0 Å². The van der Waals surface area contributed by atoms with E-state index >= 15 is 0 Å². The van der Waals surface area contributed by atoms with Crippen molar-refractivity contribution in [3.05, 3.63) is 71.0 Å². The maximum Gasteiger partial charge on any atom is 0.226 e. The molecule has 2 aromatic rings. The van der Waals surface area contributed by atoms with Crippen LogP contribution in [0.5, 0.6) is 0 Å². The van der Waals surface area contributed by atoms with Gasteiger partial charge >= 0.3 is 0 Å². The van der Waals surface area contributed by atoms with Gasteiger partial charge in [0.05, 0.1) is 6.42 Å². The number of hydrogen-bond donors (Lipinski definition) is 0. The van der Waals surface area contributed by atoms with Crippen LogP contribution < -0.4 is 0 Å². The molecular formula is C24H29F3N2O. The van der Waals surface area contributed by atoms with Crippen LogP contribution in [0.25, 0.3) is 0 Å². The number of piperidine rings is 1. The molecule has 0 saturated carbocycles. The van der Waals surface area contributed by atoms with Crippen LogP contribution in [-0.2, 0) is 17.6 Å². The largest absolute Gasteiger partial charge is 0.342 e. The first kappa shape index (κ1) is 22.3. The van der Waals surface area contributed by atoms with Gasteiger partial charge in [-0.05, 0) is 74.0 Å². The molecule has 0 spiro atoms. The molecule has 0 radical (unpaired) electrons. The Labute approximate surface area is 176 Å². The van der Waals surface area contributed by atoms with E-state index in [-0.39, 0.29) is 18.1 Å². The molecule has 3 nitrogen and oxygen atoms in total. The lowest BCUT2D eigenvalue weighted by Gasteiger charge is -2.35. The lowest BCUT2D eigenvalue weighted by molar-refractivity contribution is -0.131. The molecule has 6 heteroatoms. The Balaban J connectivity index is 1.51. The minimum Gasteiger partial charge on any atom is -0.342 e. The van der Waals surface area contributed by atoms with Crippen LogP contribution >= 0.6 is 0 Å². The summed E-state index contributed by atoms with van der Waals surface area (Å²) < 4.78 is 39.9. The summed E-state index contributed by atoms with van der Waals surface area (Å²) in [4.78, 5) is 16.9. The molecule has 1 fully saturated rings. The van der Waals surface area contributed by atoms with Crippen LogP contribution in [0.15, 0.2) is 42.5 Å². The highest BCUT2D eigenvalue weighted by atomic mass is 19.2. The van der Waals surface area contributed by atoms with Crippen LogP contribution in [0.3, 0.4) is 0 Å². The fraction of sp³-hybridized carbons (Fsp3) is 0.458. The maximum absolute atomic E-state index is 13.4. The Hall–Kier alpha value is -2.34. The molecule has 2 aromatic carbocycles. The van der Waals surface area contributed by atoms with Gasteiger partial charge in [-0.15, -0.1) is 0 Å². The normalized spacial score (nSPS) is 17.1. The molecule has 0 aromatic heterocycles. The van der Waals surface area contributed by atoms with E-state index in [1.54, 1.807) is 12.1 Å². The van der Waals surface area contributed by atoms with Gasteiger partial charge < -0.3 is 9.80 Å². The highest BCUT2D eigenvalue weighted by Gasteiger charge is 2.24. The Morgan fingerprint density at radius 3 is 2.67 bits per heavy atom. The Kier molecular flexibility index (Phi) is 7.91. The number of benzene rings is 2. The van der Waals surface area contributed by atoms with Crippen molar-refractivity contribution in [1.29, 1.82) is 0 Å². The number of nitrogens with zero attached hydrogens (tertiary/aromatic N) is 2. The smallest absolute Gasteiger partial charge is 0.226 e. The van der Waals surface area contributed by atoms with Gasteiger partial charge in [0.15, 0.2) is 11.6 Å². The van der Waals surface area contributed by atoms with E-state index in [0.717, 1.165) is 56.6 Å². The Bertz CT molecular complexity index is 858. The molecule has 1 atom stereocenters. The molecule has 1 unspecified atom stereocenters. The van der Waals surface area contributed by atoms with Crippen molar-refractivity contribution in [1.82, 2.24) is 9.80 Å². The highest BCUT2D eigenvalue weighted by Crippen LogP contribution is 2.19. The number of amides is 1. The molecule has 162 valence electrons. The number of carbonyl (C=O) groups excluding carboxylic acids is 1. The first-order valence-corrected chi connectivity index (χ1v) is 10.6. The SMILES string of the molecule is CCN(CC1CCCN(CCc2cccc(F)c2)C1)C(=O)Cc1ccc(F)c(F)c1. The zero-order chi connectivity index (χ0) is 21.5. The number of carbonyl (C=O) groups is 1. The second kappa shape index (κ2) is 10.6. The monoisotopic (exact) mass is 418 g/mol. The molecule has 3 rings (SSSR count). The van der Waals surface area contributed by atoms with Crippen molar-refractivity contribution in [2.75, 3.05) is 32.7 Å². The van der Waals surface area contributed by atoms with Crippen LogP contribution in [0.1, 0.15) is 30.9 Å². The van der Waals surface area contributed by atoms with E-state index < -0.39 is 11.6 Å². The highest BCUT2D eigenvalue weighted by molar-refractivity contribution is 5.78. The van der Waals surface area contributed by atoms with Gasteiger partial charge in [0.1, 0.15) is 5.82 Å². The molecule has 1 amide bonds. The number of likely N-dealkylation sites (N-methyl/N-ethyl adjacent to an activating group) is 1. The Morgan fingerprint density at radius 2 is 1.93 bits per heavy atom. The summed E-state index contributed by atoms with van der Waals surface area (Å²) >= 11 is 0. The van der Waals surface area contributed by atoms with E-state index in [1.807, 2.05) is 17.9 Å². The Morgan fingerprint density at radius 1 is 1.10 bits per heavy atom. The minimum atomic E-state index is -0.926. The first-order valence-electron chi connectivity index (χ1n) is 10.6. The quantitative estimate of drug-likeness (QED) is 0.632. The summed E-state index contributed by atoms with van der Waals surface area (Å²) in [6.45, 7) is 5.98. The molecular weight excluding hydrogens is 389 g/mol. The van der Waals surface area contributed by atoms with Gasteiger partial charge in [0.2, 0.25) is 5.91 Å². The summed E-state index contributed by atoms with van der Waals surface area (Å²) in [5.41, 5.74) is 1.48. The fourth-order valence-electron chi connectivity index (χ4n) is 4.14. The van der Waals surface area contributed by atoms with Gasteiger partial charge in [-0.3, -0.25) is 4.79 Å².